The van der Waals surface area contributed by atoms with Crippen LogP contribution in [0.1, 0.15) is 26.5 Å². The number of nitrogens with zero attached hydrogens (tertiary/aromatic N) is 2. The van der Waals surface area contributed by atoms with Gasteiger partial charge in [0.1, 0.15) is 5.76 Å². The lowest BCUT2D eigenvalue weighted by molar-refractivity contribution is 0.0989. The molecule has 0 fully saturated rings. The van der Waals surface area contributed by atoms with Crippen molar-refractivity contribution in [3.8, 4) is 0 Å². The van der Waals surface area contributed by atoms with E-state index in [1.165, 1.54) is 0 Å². The third kappa shape index (κ3) is 3.74. The van der Waals surface area contributed by atoms with Crippen LogP contribution in [0.5, 0.6) is 0 Å². The molecule has 0 saturated heterocycles. The van der Waals surface area contributed by atoms with Crippen molar-refractivity contribution in [1.82, 2.24) is 5.16 Å². The molecule has 0 aliphatic heterocycles. The van der Waals surface area contributed by atoms with Gasteiger partial charge in [-0.1, -0.05) is 23.4 Å². The van der Waals surface area contributed by atoms with Crippen LogP contribution in [0.4, 0.5) is 11.5 Å². The molecule has 2 amide bonds. The second-order valence-electron chi connectivity index (χ2n) is 5.55. The van der Waals surface area contributed by atoms with Crippen molar-refractivity contribution in [3.63, 3.8) is 0 Å². The summed E-state index contributed by atoms with van der Waals surface area (Å²) in [5.74, 6) is 0.501. The normalized spacial score (nSPS) is 10.3. The second-order valence-corrected chi connectivity index (χ2v) is 5.55. The highest BCUT2D eigenvalue weighted by Crippen LogP contribution is 2.16. The molecule has 0 spiro atoms. The van der Waals surface area contributed by atoms with Crippen LogP contribution < -0.4 is 10.2 Å². The Hall–Kier alpha value is -3.41. The van der Waals surface area contributed by atoms with Crippen molar-refractivity contribution in [2.75, 3.05) is 17.3 Å². The first kappa shape index (κ1) is 16.4. The number of amides is 2. The molecular weight excluding hydrogens is 318 g/mol. The van der Waals surface area contributed by atoms with Gasteiger partial charge >= 0.3 is 0 Å². The Morgan fingerprint density at radius 3 is 2.24 bits per heavy atom. The van der Waals surface area contributed by atoms with Gasteiger partial charge in [-0.25, -0.2) is 0 Å². The van der Waals surface area contributed by atoms with Gasteiger partial charge in [0.15, 0.2) is 5.82 Å². The fourth-order valence-electron chi connectivity index (χ4n) is 2.34. The van der Waals surface area contributed by atoms with E-state index in [1.54, 1.807) is 49.2 Å². The summed E-state index contributed by atoms with van der Waals surface area (Å²) in [5, 5.41) is 6.35. The van der Waals surface area contributed by atoms with Crippen molar-refractivity contribution < 1.29 is 14.1 Å². The minimum Gasteiger partial charge on any atom is -0.360 e. The number of aromatic nitrogens is 1. The third-order valence-corrected chi connectivity index (χ3v) is 3.71. The second kappa shape index (κ2) is 7.00. The molecule has 2 aromatic carbocycles. The van der Waals surface area contributed by atoms with Gasteiger partial charge in [0.2, 0.25) is 0 Å². The Bertz CT molecular complexity index is 886. The average molecular weight is 335 g/mol. The predicted octanol–water partition coefficient (Wildman–Crippen LogP) is 3.51. The van der Waals surface area contributed by atoms with Crippen molar-refractivity contribution in [1.29, 1.82) is 0 Å². The molecule has 6 nitrogen and oxygen atoms in total. The highest BCUT2D eigenvalue weighted by atomic mass is 16.5. The molecule has 0 atom stereocenters. The standard InChI is InChI=1S/C19H17N3O3/c1-13-12-17(21-25-13)20-18(23)14-8-10-15(11-9-14)19(24)22(2)16-6-4-3-5-7-16/h3-12H,1-2H3,(H,20,21,23). The van der Waals surface area contributed by atoms with Gasteiger partial charge in [-0.3, -0.25) is 9.59 Å². The summed E-state index contributed by atoms with van der Waals surface area (Å²) < 4.78 is 4.91. The summed E-state index contributed by atoms with van der Waals surface area (Å²) in [6.45, 7) is 1.74. The Balaban J connectivity index is 1.71. The zero-order valence-corrected chi connectivity index (χ0v) is 13.9. The van der Waals surface area contributed by atoms with Gasteiger partial charge in [-0.15, -0.1) is 0 Å². The van der Waals surface area contributed by atoms with Gasteiger partial charge in [-0.2, -0.15) is 0 Å². The zero-order chi connectivity index (χ0) is 17.8. The molecule has 0 saturated carbocycles. The lowest BCUT2D eigenvalue weighted by atomic mass is 10.1. The average Bonchev–Trinajstić information content (AvgIpc) is 3.06. The van der Waals surface area contributed by atoms with Gasteiger partial charge in [-0.05, 0) is 43.3 Å². The maximum absolute atomic E-state index is 12.5. The monoisotopic (exact) mass is 335 g/mol. The number of benzene rings is 2. The van der Waals surface area contributed by atoms with Crippen LogP contribution in [0.2, 0.25) is 0 Å². The number of aryl methyl sites for hydroxylation is 1. The number of carbonyl (C=O) groups is 2. The van der Waals surface area contributed by atoms with E-state index >= 15 is 0 Å². The van der Waals surface area contributed by atoms with Crippen molar-refractivity contribution in [2.45, 2.75) is 6.92 Å². The van der Waals surface area contributed by atoms with Crippen LogP contribution in [0.15, 0.2) is 65.2 Å². The Morgan fingerprint density at radius 2 is 1.64 bits per heavy atom. The Labute approximate surface area is 145 Å². The molecule has 6 heteroatoms. The van der Waals surface area contributed by atoms with Crippen LogP contribution >= 0.6 is 0 Å². The van der Waals surface area contributed by atoms with Crippen LogP contribution in [0.3, 0.4) is 0 Å². The Kier molecular flexibility index (Phi) is 4.61. The molecule has 0 aliphatic rings. The summed E-state index contributed by atoms with van der Waals surface area (Å²) in [7, 11) is 1.71. The minimum atomic E-state index is -0.316. The van der Waals surface area contributed by atoms with Crippen molar-refractivity contribution >= 4 is 23.3 Å². The summed E-state index contributed by atoms with van der Waals surface area (Å²) in [6.07, 6.45) is 0. The minimum absolute atomic E-state index is 0.148. The van der Waals surface area contributed by atoms with Gasteiger partial charge in [0.25, 0.3) is 11.8 Å². The molecule has 3 rings (SSSR count). The summed E-state index contributed by atoms with van der Waals surface area (Å²) >= 11 is 0. The molecule has 0 radical (unpaired) electrons. The van der Waals surface area contributed by atoms with Gasteiger partial charge in [0.05, 0.1) is 0 Å². The van der Waals surface area contributed by atoms with E-state index in [-0.39, 0.29) is 11.8 Å². The van der Waals surface area contributed by atoms with E-state index in [9.17, 15) is 9.59 Å². The number of carbonyl (C=O) groups excluding carboxylic acids is 2. The highest BCUT2D eigenvalue weighted by molar-refractivity contribution is 6.07. The van der Waals surface area contributed by atoms with Crippen LogP contribution in [-0.2, 0) is 0 Å². The molecular formula is C19H17N3O3. The first-order chi connectivity index (χ1) is 12.0. The van der Waals surface area contributed by atoms with E-state index in [2.05, 4.69) is 10.5 Å². The van der Waals surface area contributed by atoms with E-state index in [1.807, 2.05) is 30.3 Å². The first-order valence-electron chi connectivity index (χ1n) is 7.72. The zero-order valence-electron chi connectivity index (χ0n) is 13.9. The van der Waals surface area contributed by atoms with Crippen molar-refractivity contribution in [2.24, 2.45) is 0 Å². The molecule has 0 aliphatic carbocycles. The quantitative estimate of drug-likeness (QED) is 0.791. The highest BCUT2D eigenvalue weighted by Gasteiger charge is 2.14. The van der Waals surface area contributed by atoms with Crippen LogP contribution in [0.25, 0.3) is 0 Å². The SMILES string of the molecule is Cc1cc(NC(=O)c2ccc(C(=O)N(C)c3ccccc3)cc2)no1. The topological polar surface area (TPSA) is 75.4 Å². The fourth-order valence-corrected chi connectivity index (χ4v) is 2.34. The number of rotatable bonds is 4. The lowest BCUT2D eigenvalue weighted by Crippen LogP contribution is -2.26. The summed E-state index contributed by atoms with van der Waals surface area (Å²) in [4.78, 5) is 26.3. The first-order valence-corrected chi connectivity index (χ1v) is 7.72. The third-order valence-electron chi connectivity index (χ3n) is 3.71. The summed E-state index contributed by atoms with van der Waals surface area (Å²) in [5.41, 5.74) is 1.73. The van der Waals surface area contributed by atoms with Gasteiger partial charge < -0.3 is 14.7 Å². The maximum atomic E-state index is 12.5. The molecule has 1 heterocycles. The Morgan fingerprint density at radius 1 is 1.00 bits per heavy atom. The molecule has 0 bridgehead atoms. The number of para-hydroxylation sites is 1. The summed E-state index contributed by atoms with van der Waals surface area (Å²) in [6, 6.07) is 17.5. The van der Waals surface area contributed by atoms with E-state index in [0.717, 1.165) is 5.69 Å². The predicted molar refractivity (Wildman–Crippen MR) is 94.8 cm³/mol. The fraction of sp³-hybridized carbons (Fsp3) is 0.105. The number of nitrogens with one attached hydrogen (secondary N) is 1. The van der Waals surface area contributed by atoms with E-state index in [4.69, 9.17) is 4.52 Å². The molecule has 25 heavy (non-hydrogen) atoms. The van der Waals surface area contributed by atoms with E-state index in [0.29, 0.717) is 22.7 Å². The number of hydrogen-bond acceptors (Lipinski definition) is 4. The molecule has 1 N–H and O–H groups in total. The number of anilines is 2. The molecule has 0 unspecified atom stereocenters. The molecule has 126 valence electrons. The van der Waals surface area contributed by atoms with E-state index < -0.39 is 0 Å². The smallest absolute Gasteiger partial charge is 0.258 e. The van der Waals surface area contributed by atoms with Gasteiger partial charge in [0, 0.05) is 29.9 Å². The number of hydrogen-bond donors (Lipinski definition) is 1. The van der Waals surface area contributed by atoms with Crippen LogP contribution in [-0.4, -0.2) is 24.0 Å². The maximum Gasteiger partial charge on any atom is 0.258 e. The lowest BCUT2D eigenvalue weighted by Gasteiger charge is -2.17. The largest absolute Gasteiger partial charge is 0.360 e. The van der Waals surface area contributed by atoms with Crippen molar-refractivity contribution in [3.05, 3.63) is 77.6 Å². The van der Waals surface area contributed by atoms with Crippen LogP contribution in [0, 0.1) is 6.92 Å². The molecule has 1 aromatic heterocycles. The molecule has 3 aromatic rings.